The molecule has 0 atom stereocenters. The molecule has 0 aromatic heterocycles. The van der Waals surface area contributed by atoms with E-state index in [9.17, 15) is 19.7 Å². The third kappa shape index (κ3) is 6.20. The van der Waals surface area contributed by atoms with Gasteiger partial charge < -0.3 is 10.6 Å². The Kier molecular flexibility index (Phi) is 7.67. The largest absolute Gasteiger partial charge is 0.349 e. The molecule has 7 heteroatoms. The highest BCUT2D eigenvalue weighted by Gasteiger charge is 2.20. The molecule has 7 nitrogen and oxygen atoms in total. The van der Waals surface area contributed by atoms with Crippen molar-refractivity contribution in [3.63, 3.8) is 0 Å². The fourth-order valence-corrected chi connectivity index (χ4v) is 4.28. The van der Waals surface area contributed by atoms with Crippen LogP contribution in [0.15, 0.2) is 78.9 Å². The van der Waals surface area contributed by atoms with Crippen molar-refractivity contribution < 1.29 is 14.5 Å². The van der Waals surface area contributed by atoms with Crippen LogP contribution in [-0.2, 0) is 4.79 Å². The first-order chi connectivity index (χ1) is 17.0. The van der Waals surface area contributed by atoms with Crippen molar-refractivity contribution >= 4 is 34.8 Å². The Balaban J connectivity index is 1.62. The zero-order valence-electron chi connectivity index (χ0n) is 19.3. The molecule has 0 spiro atoms. The maximum absolute atomic E-state index is 13.5. The second-order valence-corrected chi connectivity index (χ2v) is 8.58. The topological polar surface area (TPSA) is 101 Å². The minimum atomic E-state index is -0.471. The number of para-hydroxylation sites is 1. The summed E-state index contributed by atoms with van der Waals surface area (Å²) in [6, 6.07) is 22.2. The molecule has 0 bridgehead atoms. The van der Waals surface area contributed by atoms with E-state index in [2.05, 4.69) is 10.6 Å². The highest BCUT2D eigenvalue weighted by molar-refractivity contribution is 6.29. The van der Waals surface area contributed by atoms with Crippen LogP contribution in [0.1, 0.15) is 53.6 Å². The predicted molar refractivity (Wildman–Crippen MR) is 137 cm³/mol. The van der Waals surface area contributed by atoms with Crippen LogP contribution in [0.3, 0.4) is 0 Å². The summed E-state index contributed by atoms with van der Waals surface area (Å²) in [6.07, 6.45) is 6.94. The second kappa shape index (κ2) is 11.2. The molecule has 1 fully saturated rings. The number of amides is 2. The Morgan fingerprint density at radius 3 is 2.34 bits per heavy atom. The molecule has 0 saturated heterocycles. The van der Waals surface area contributed by atoms with Gasteiger partial charge in [0.25, 0.3) is 17.5 Å². The Hall–Kier alpha value is -4.26. The number of hydrogen-bond donors (Lipinski definition) is 2. The maximum Gasteiger partial charge on any atom is 0.270 e. The summed E-state index contributed by atoms with van der Waals surface area (Å²) in [5.74, 6) is -0.627. The van der Waals surface area contributed by atoms with Crippen LogP contribution >= 0.6 is 0 Å². The first-order valence-corrected chi connectivity index (χ1v) is 11.7. The van der Waals surface area contributed by atoms with E-state index >= 15 is 0 Å². The van der Waals surface area contributed by atoms with E-state index in [1.807, 2.05) is 18.2 Å². The lowest BCUT2D eigenvalue weighted by molar-refractivity contribution is -0.384. The predicted octanol–water partition coefficient (Wildman–Crippen LogP) is 5.84. The summed E-state index contributed by atoms with van der Waals surface area (Å²) in [7, 11) is 0. The van der Waals surface area contributed by atoms with Crippen molar-refractivity contribution in [3.8, 4) is 0 Å². The molecule has 4 rings (SSSR count). The van der Waals surface area contributed by atoms with Crippen molar-refractivity contribution in [2.24, 2.45) is 0 Å². The molecule has 2 N–H and O–H groups in total. The van der Waals surface area contributed by atoms with Crippen molar-refractivity contribution in [2.45, 2.75) is 38.1 Å². The van der Waals surface area contributed by atoms with E-state index in [4.69, 9.17) is 0 Å². The zero-order valence-corrected chi connectivity index (χ0v) is 19.3. The fourth-order valence-electron chi connectivity index (χ4n) is 4.28. The number of benzene rings is 3. The lowest BCUT2D eigenvalue weighted by atomic mass is 9.95. The minimum Gasteiger partial charge on any atom is -0.349 e. The van der Waals surface area contributed by atoms with E-state index in [-0.39, 0.29) is 17.6 Å². The molecule has 1 aliphatic rings. The maximum atomic E-state index is 13.5. The Morgan fingerprint density at radius 2 is 1.60 bits per heavy atom. The van der Waals surface area contributed by atoms with Crippen molar-refractivity contribution in [3.05, 3.63) is 106 Å². The van der Waals surface area contributed by atoms with E-state index in [0.717, 1.165) is 25.7 Å². The van der Waals surface area contributed by atoms with Crippen molar-refractivity contribution in [1.29, 1.82) is 0 Å². The third-order valence-corrected chi connectivity index (χ3v) is 6.08. The molecule has 35 heavy (non-hydrogen) atoms. The first-order valence-electron chi connectivity index (χ1n) is 11.7. The molecule has 178 valence electrons. The number of anilines is 1. The normalized spacial score (nSPS) is 14.2. The highest BCUT2D eigenvalue weighted by Crippen LogP contribution is 2.25. The summed E-state index contributed by atoms with van der Waals surface area (Å²) < 4.78 is 0. The number of nitro benzene ring substituents is 1. The summed E-state index contributed by atoms with van der Waals surface area (Å²) in [4.78, 5) is 37.2. The van der Waals surface area contributed by atoms with Crippen molar-refractivity contribution in [1.82, 2.24) is 5.32 Å². The van der Waals surface area contributed by atoms with Gasteiger partial charge in [-0.2, -0.15) is 0 Å². The quantitative estimate of drug-likeness (QED) is 0.196. The number of nitrogens with one attached hydrogen (secondary N) is 2. The Morgan fingerprint density at radius 1 is 0.886 bits per heavy atom. The van der Waals surface area contributed by atoms with Gasteiger partial charge in [0.05, 0.1) is 16.2 Å². The summed E-state index contributed by atoms with van der Waals surface area (Å²) in [5, 5.41) is 17.2. The average Bonchev–Trinajstić information content (AvgIpc) is 2.88. The Bertz CT molecular complexity index is 1250. The molecule has 1 saturated carbocycles. The van der Waals surface area contributed by atoms with E-state index in [0.29, 0.717) is 28.0 Å². The number of carbonyl (C=O) groups excluding carboxylic acids is 2. The number of rotatable bonds is 7. The lowest BCUT2D eigenvalue weighted by Gasteiger charge is -2.23. The second-order valence-electron chi connectivity index (χ2n) is 8.58. The SMILES string of the molecule is O=C(Nc1ccccc1C(=O)NC1CCCCC1)C(=Cc1cccc([N+](=O)[O-])c1)c1ccccc1. The minimum absolute atomic E-state index is 0.0590. The Labute approximate surface area is 204 Å². The van der Waals surface area contributed by atoms with E-state index in [1.54, 1.807) is 54.6 Å². The van der Waals surface area contributed by atoms with Gasteiger partial charge in [-0.1, -0.05) is 73.9 Å². The van der Waals surface area contributed by atoms with Crippen LogP contribution in [0.5, 0.6) is 0 Å². The highest BCUT2D eigenvalue weighted by atomic mass is 16.6. The van der Waals surface area contributed by atoms with Crippen LogP contribution in [0, 0.1) is 10.1 Å². The molecule has 0 radical (unpaired) electrons. The molecular formula is C28H27N3O4. The number of hydrogen-bond acceptors (Lipinski definition) is 4. The number of carbonyl (C=O) groups is 2. The van der Waals surface area contributed by atoms with Crippen molar-refractivity contribution in [2.75, 3.05) is 5.32 Å². The standard InChI is InChI=1S/C28H27N3O4/c32-27(29-22-13-5-2-6-14-22)24-16-7-8-17-26(24)30-28(33)25(21-11-3-1-4-12-21)19-20-10-9-15-23(18-20)31(34)35/h1,3-4,7-12,15-19,22H,2,5-6,13-14H2,(H,29,32)(H,30,33). The number of non-ortho nitro benzene ring substituents is 1. The van der Waals surface area contributed by atoms with Gasteiger partial charge in [-0.15, -0.1) is 0 Å². The van der Waals surface area contributed by atoms with Crippen LogP contribution < -0.4 is 10.6 Å². The molecule has 3 aromatic rings. The van der Waals surface area contributed by atoms with Gasteiger partial charge in [-0.25, -0.2) is 0 Å². The van der Waals surface area contributed by atoms with Crippen LogP contribution in [-0.4, -0.2) is 22.8 Å². The van der Waals surface area contributed by atoms with Gasteiger partial charge in [0.1, 0.15) is 0 Å². The molecule has 3 aromatic carbocycles. The molecule has 1 aliphatic carbocycles. The van der Waals surface area contributed by atoms with Gasteiger partial charge in [0.15, 0.2) is 0 Å². The monoisotopic (exact) mass is 469 g/mol. The van der Waals surface area contributed by atoms with Gasteiger partial charge in [-0.05, 0) is 42.2 Å². The van der Waals surface area contributed by atoms with Gasteiger partial charge >= 0.3 is 0 Å². The lowest BCUT2D eigenvalue weighted by Crippen LogP contribution is -2.36. The van der Waals surface area contributed by atoms with Crippen LogP contribution in [0.4, 0.5) is 11.4 Å². The zero-order chi connectivity index (χ0) is 24.6. The number of nitro groups is 1. The fraction of sp³-hybridized carbons (Fsp3) is 0.214. The summed E-state index contributed by atoms with van der Waals surface area (Å²) in [5.41, 5.74) is 2.25. The molecule has 2 amide bonds. The van der Waals surface area contributed by atoms with Gasteiger partial charge in [0.2, 0.25) is 0 Å². The molecule has 0 aliphatic heterocycles. The van der Waals surface area contributed by atoms with Gasteiger partial charge in [0, 0.05) is 23.7 Å². The van der Waals surface area contributed by atoms with Crippen LogP contribution in [0.25, 0.3) is 11.6 Å². The summed E-state index contributed by atoms with van der Waals surface area (Å²) in [6.45, 7) is 0. The van der Waals surface area contributed by atoms with E-state index < -0.39 is 10.8 Å². The summed E-state index contributed by atoms with van der Waals surface area (Å²) >= 11 is 0. The van der Waals surface area contributed by atoms with Crippen LogP contribution in [0.2, 0.25) is 0 Å². The third-order valence-electron chi connectivity index (χ3n) is 6.08. The average molecular weight is 470 g/mol. The van der Waals surface area contributed by atoms with E-state index in [1.165, 1.54) is 18.6 Å². The molecular weight excluding hydrogens is 442 g/mol. The molecule has 0 unspecified atom stereocenters. The number of nitrogens with zero attached hydrogens (tertiary/aromatic N) is 1. The first kappa shape index (κ1) is 23.9. The smallest absolute Gasteiger partial charge is 0.270 e. The molecule has 0 heterocycles. The van der Waals surface area contributed by atoms with Gasteiger partial charge in [-0.3, -0.25) is 19.7 Å².